The van der Waals surface area contributed by atoms with E-state index in [-0.39, 0.29) is 11.4 Å². The minimum atomic E-state index is -3.68. The number of sulfonamides is 1. The van der Waals surface area contributed by atoms with Crippen molar-refractivity contribution in [3.05, 3.63) is 40.8 Å². The first-order chi connectivity index (χ1) is 12.8. The number of anilines is 1. The average molecular weight is 391 g/mol. The zero-order chi connectivity index (χ0) is 19.6. The summed E-state index contributed by atoms with van der Waals surface area (Å²) in [6.07, 6.45) is 2.31. The third-order valence-corrected chi connectivity index (χ3v) is 6.26. The van der Waals surface area contributed by atoms with Crippen molar-refractivity contribution in [2.45, 2.75) is 45.1 Å². The van der Waals surface area contributed by atoms with Crippen LogP contribution in [0.25, 0.3) is 0 Å². The lowest BCUT2D eigenvalue weighted by atomic mass is 10.1. The molecule has 1 fully saturated rings. The average Bonchev–Trinajstić information content (AvgIpc) is 3.16. The molecule has 0 spiro atoms. The van der Waals surface area contributed by atoms with Gasteiger partial charge in [0.05, 0.1) is 18.6 Å². The number of ether oxygens (including phenoxy) is 1. The predicted octanol–water partition coefficient (Wildman–Crippen LogP) is 2.49. The number of methoxy groups -OCH3 is 1. The van der Waals surface area contributed by atoms with Crippen molar-refractivity contribution in [3.63, 3.8) is 0 Å². The van der Waals surface area contributed by atoms with E-state index < -0.39 is 10.0 Å². The Labute approximate surface area is 160 Å². The molecule has 0 bridgehead atoms. The summed E-state index contributed by atoms with van der Waals surface area (Å²) in [6, 6.07) is 5.31. The van der Waals surface area contributed by atoms with E-state index >= 15 is 0 Å². The highest BCUT2D eigenvalue weighted by Gasteiger charge is 2.20. The van der Waals surface area contributed by atoms with Crippen molar-refractivity contribution < 1.29 is 13.2 Å². The van der Waals surface area contributed by atoms with Gasteiger partial charge in [0.2, 0.25) is 10.0 Å². The minimum absolute atomic E-state index is 0.0510. The van der Waals surface area contributed by atoms with Crippen molar-refractivity contribution in [1.82, 2.24) is 14.7 Å². The smallest absolute Gasteiger partial charge is 0.241 e. The molecule has 2 heterocycles. The second-order valence-electron chi connectivity index (χ2n) is 6.89. The van der Waals surface area contributed by atoms with Crippen molar-refractivity contribution in [2.75, 3.05) is 25.1 Å². The van der Waals surface area contributed by atoms with E-state index in [1.807, 2.05) is 19.9 Å². The van der Waals surface area contributed by atoms with Crippen LogP contribution in [-0.4, -0.2) is 38.6 Å². The normalized spacial score (nSPS) is 14.6. The van der Waals surface area contributed by atoms with E-state index in [1.54, 1.807) is 26.2 Å². The molecule has 1 saturated heterocycles. The number of benzene rings is 1. The molecule has 0 saturated carbocycles. The van der Waals surface area contributed by atoms with Gasteiger partial charge >= 0.3 is 0 Å². The number of aryl methyl sites for hydroxylation is 3. The quantitative estimate of drug-likeness (QED) is 0.816. The largest absolute Gasteiger partial charge is 0.496 e. The summed E-state index contributed by atoms with van der Waals surface area (Å²) in [7, 11) is -2.11. The van der Waals surface area contributed by atoms with Crippen LogP contribution in [0.4, 0.5) is 5.82 Å². The molecule has 0 aliphatic carbocycles. The highest BCUT2D eigenvalue weighted by atomic mass is 32.2. The summed E-state index contributed by atoms with van der Waals surface area (Å²) in [4.78, 5) is 11.4. The second-order valence-corrected chi connectivity index (χ2v) is 8.63. The maximum atomic E-state index is 12.8. The lowest BCUT2D eigenvalue weighted by Crippen LogP contribution is -2.26. The fourth-order valence-corrected chi connectivity index (χ4v) is 4.60. The Kier molecular flexibility index (Phi) is 5.67. The molecule has 27 heavy (non-hydrogen) atoms. The first kappa shape index (κ1) is 19.6. The second kappa shape index (κ2) is 7.82. The number of hydrogen-bond donors (Lipinski definition) is 1. The number of nitrogens with zero attached hydrogens (tertiary/aromatic N) is 3. The molecule has 2 aromatic rings. The Morgan fingerprint density at radius 1 is 1.07 bits per heavy atom. The van der Waals surface area contributed by atoms with E-state index in [2.05, 4.69) is 19.6 Å². The molecule has 1 aromatic carbocycles. The summed E-state index contributed by atoms with van der Waals surface area (Å²) in [5, 5.41) is 0. The van der Waals surface area contributed by atoms with Crippen molar-refractivity contribution in [2.24, 2.45) is 0 Å². The van der Waals surface area contributed by atoms with Crippen LogP contribution in [0.1, 0.15) is 35.5 Å². The Morgan fingerprint density at radius 3 is 2.44 bits per heavy atom. The van der Waals surface area contributed by atoms with E-state index in [0.29, 0.717) is 17.1 Å². The van der Waals surface area contributed by atoms with Crippen LogP contribution in [0.5, 0.6) is 5.75 Å². The maximum absolute atomic E-state index is 12.8. The molecular formula is C19H26N4O3S. The fraction of sp³-hybridized carbons (Fsp3) is 0.474. The van der Waals surface area contributed by atoms with Crippen LogP contribution in [0, 0.1) is 20.8 Å². The number of hydrogen-bond acceptors (Lipinski definition) is 6. The van der Waals surface area contributed by atoms with Gasteiger partial charge in [0, 0.05) is 24.8 Å². The number of rotatable bonds is 6. The van der Waals surface area contributed by atoms with Crippen LogP contribution in [0.15, 0.2) is 23.1 Å². The summed E-state index contributed by atoms with van der Waals surface area (Å²) in [5.41, 5.74) is 2.23. The fourth-order valence-electron chi connectivity index (χ4n) is 3.31. The van der Waals surface area contributed by atoms with E-state index in [9.17, 15) is 8.42 Å². The molecule has 7 nitrogen and oxygen atoms in total. The maximum Gasteiger partial charge on any atom is 0.241 e. The van der Waals surface area contributed by atoms with E-state index in [0.717, 1.165) is 43.0 Å². The highest BCUT2D eigenvalue weighted by molar-refractivity contribution is 7.89. The Hall–Kier alpha value is -2.19. The highest BCUT2D eigenvalue weighted by Crippen LogP contribution is 2.25. The van der Waals surface area contributed by atoms with Gasteiger partial charge < -0.3 is 9.64 Å². The molecule has 1 aromatic heterocycles. The van der Waals surface area contributed by atoms with Crippen molar-refractivity contribution in [3.8, 4) is 5.75 Å². The first-order valence-corrected chi connectivity index (χ1v) is 10.5. The lowest BCUT2D eigenvalue weighted by molar-refractivity contribution is 0.411. The Bertz CT molecular complexity index is 938. The molecule has 0 radical (unpaired) electrons. The first-order valence-electron chi connectivity index (χ1n) is 9.04. The standard InChI is InChI=1S/C19H26N4O3S/c1-13-10-17(14(2)9-16(13)26-4)27(24,25)20-12-18-21-15(3)11-19(22-18)23-7-5-6-8-23/h9-11,20H,5-8,12H2,1-4H3. The van der Waals surface area contributed by atoms with Gasteiger partial charge in [-0.2, -0.15) is 0 Å². The van der Waals surface area contributed by atoms with Crippen LogP contribution in [-0.2, 0) is 16.6 Å². The molecule has 0 unspecified atom stereocenters. The molecule has 0 amide bonds. The van der Waals surface area contributed by atoms with Gasteiger partial charge in [-0.3, -0.25) is 0 Å². The SMILES string of the molecule is COc1cc(C)c(S(=O)(=O)NCc2nc(C)cc(N3CCCC3)n2)cc1C. The predicted molar refractivity (Wildman–Crippen MR) is 105 cm³/mol. The van der Waals surface area contributed by atoms with E-state index in [4.69, 9.17) is 4.74 Å². The number of aromatic nitrogens is 2. The van der Waals surface area contributed by atoms with E-state index in [1.165, 1.54) is 0 Å². The summed E-state index contributed by atoms with van der Waals surface area (Å²) in [5.74, 6) is 2.01. The summed E-state index contributed by atoms with van der Waals surface area (Å²) >= 11 is 0. The monoisotopic (exact) mass is 390 g/mol. The van der Waals surface area contributed by atoms with Crippen LogP contribution in [0.2, 0.25) is 0 Å². The molecule has 3 rings (SSSR count). The van der Waals surface area contributed by atoms with Gasteiger partial charge in [0.15, 0.2) is 0 Å². The van der Waals surface area contributed by atoms with Crippen LogP contribution >= 0.6 is 0 Å². The molecule has 1 aliphatic heterocycles. The molecule has 0 atom stereocenters. The Balaban J connectivity index is 1.81. The zero-order valence-electron chi connectivity index (χ0n) is 16.2. The minimum Gasteiger partial charge on any atom is -0.496 e. The number of nitrogens with one attached hydrogen (secondary N) is 1. The van der Waals surface area contributed by atoms with Gasteiger partial charge in [-0.1, -0.05) is 0 Å². The zero-order valence-corrected chi connectivity index (χ0v) is 17.1. The topological polar surface area (TPSA) is 84.4 Å². The molecular weight excluding hydrogens is 364 g/mol. The summed E-state index contributed by atoms with van der Waals surface area (Å²) < 4.78 is 33.5. The Morgan fingerprint density at radius 2 is 1.78 bits per heavy atom. The van der Waals surface area contributed by atoms with Gasteiger partial charge in [0.1, 0.15) is 17.4 Å². The molecule has 1 aliphatic rings. The molecule has 8 heteroatoms. The molecule has 146 valence electrons. The van der Waals surface area contributed by atoms with Crippen molar-refractivity contribution >= 4 is 15.8 Å². The van der Waals surface area contributed by atoms with Gasteiger partial charge in [-0.25, -0.2) is 23.1 Å². The van der Waals surface area contributed by atoms with Crippen molar-refractivity contribution in [1.29, 1.82) is 0 Å². The lowest BCUT2D eigenvalue weighted by Gasteiger charge is -2.18. The summed E-state index contributed by atoms with van der Waals surface area (Å²) in [6.45, 7) is 7.48. The molecule has 1 N–H and O–H groups in total. The third kappa shape index (κ3) is 4.39. The van der Waals surface area contributed by atoms with Gasteiger partial charge in [-0.15, -0.1) is 0 Å². The van der Waals surface area contributed by atoms with Crippen LogP contribution < -0.4 is 14.4 Å². The van der Waals surface area contributed by atoms with Gasteiger partial charge in [-0.05, 0) is 56.9 Å². The third-order valence-electron chi connectivity index (χ3n) is 4.72. The van der Waals surface area contributed by atoms with Gasteiger partial charge in [0.25, 0.3) is 0 Å². The van der Waals surface area contributed by atoms with Crippen LogP contribution in [0.3, 0.4) is 0 Å².